The monoisotopic (exact) mass is 509 g/mol. The average molecular weight is 510 g/mol. The number of nitrogens with zero attached hydrogens (tertiary/aromatic N) is 3. The van der Waals surface area contributed by atoms with Crippen LogP contribution >= 0.6 is 23.2 Å². The molecule has 0 unspecified atom stereocenters. The normalized spacial score (nSPS) is 18.1. The summed E-state index contributed by atoms with van der Waals surface area (Å²) in [5, 5.41) is 9.49. The maximum Gasteiger partial charge on any atom is 0.225 e. The number of halogens is 2. The Kier molecular flexibility index (Phi) is 7.14. The molecule has 2 heterocycles. The predicted octanol–water partition coefficient (Wildman–Crippen LogP) is 6.78. The lowest BCUT2D eigenvalue weighted by Crippen LogP contribution is -2.36. The number of aromatic nitrogens is 2. The van der Waals surface area contributed by atoms with Crippen molar-refractivity contribution in [1.29, 1.82) is 0 Å². The van der Waals surface area contributed by atoms with Crippen LogP contribution in [0.2, 0.25) is 10.0 Å². The van der Waals surface area contributed by atoms with Gasteiger partial charge in [-0.3, -0.25) is 0 Å². The van der Waals surface area contributed by atoms with E-state index in [0.717, 1.165) is 59.5 Å². The van der Waals surface area contributed by atoms with Gasteiger partial charge >= 0.3 is 0 Å². The highest BCUT2D eigenvalue weighted by atomic mass is 35.5. The summed E-state index contributed by atoms with van der Waals surface area (Å²) < 4.78 is 6.02. The third kappa shape index (κ3) is 5.56. The summed E-state index contributed by atoms with van der Waals surface area (Å²) in [5.41, 5.74) is 1.81. The minimum absolute atomic E-state index is 0.367. The summed E-state index contributed by atoms with van der Waals surface area (Å²) in [5.74, 6) is 3.29. The van der Waals surface area contributed by atoms with Gasteiger partial charge in [0.05, 0.1) is 17.1 Å². The predicted molar refractivity (Wildman–Crippen MR) is 145 cm³/mol. The molecule has 0 atom stereocenters. The van der Waals surface area contributed by atoms with Crippen LogP contribution in [-0.4, -0.2) is 36.1 Å². The number of nitrogens with one attached hydrogen (secondary N) is 2. The van der Waals surface area contributed by atoms with Crippen LogP contribution < -0.4 is 15.5 Å². The lowest BCUT2D eigenvalue weighted by Gasteiger charge is -2.30. The van der Waals surface area contributed by atoms with Gasteiger partial charge in [0.1, 0.15) is 17.3 Å². The van der Waals surface area contributed by atoms with Gasteiger partial charge in [0.25, 0.3) is 0 Å². The molecule has 8 heteroatoms. The molecule has 1 fully saturated rings. The second kappa shape index (κ2) is 10.4. The topological polar surface area (TPSA) is 66.2 Å². The van der Waals surface area contributed by atoms with E-state index in [4.69, 9.17) is 37.6 Å². The Morgan fingerprint density at radius 1 is 0.943 bits per heavy atom. The molecule has 5 rings (SSSR count). The Hall–Kier alpha value is -2.80. The molecule has 0 bridgehead atoms. The van der Waals surface area contributed by atoms with Gasteiger partial charge in [0, 0.05) is 42.2 Å². The molecule has 2 N–H and O–H groups in total. The van der Waals surface area contributed by atoms with E-state index in [9.17, 15) is 0 Å². The van der Waals surface area contributed by atoms with Crippen molar-refractivity contribution in [2.45, 2.75) is 44.3 Å². The molecule has 0 spiro atoms. The smallest absolute Gasteiger partial charge is 0.225 e. The molecule has 0 radical (unpaired) electrons. The van der Waals surface area contributed by atoms with Gasteiger partial charge in [-0.05, 0) is 68.1 Å². The van der Waals surface area contributed by atoms with Crippen LogP contribution in [0.4, 0.5) is 11.8 Å². The van der Waals surface area contributed by atoms with E-state index in [1.165, 1.54) is 0 Å². The van der Waals surface area contributed by atoms with E-state index in [-0.39, 0.29) is 0 Å². The zero-order valence-electron chi connectivity index (χ0n) is 19.9. The van der Waals surface area contributed by atoms with E-state index in [1.807, 2.05) is 61.5 Å². The molecule has 0 aliphatic heterocycles. The Morgan fingerprint density at radius 3 is 2.49 bits per heavy atom. The number of benzene rings is 2. The molecule has 4 aromatic rings. The fourth-order valence-electron chi connectivity index (χ4n) is 4.64. The molecule has 182 valence electrons. The minimum atomic E-state index is 0.367. The lowest BCUT2D eigenvalue weighted by molar-refractivity contribution is 0.341. The second-order valence-electron chi connectivity index (χ2n) is 9.25. The van der Waals surface area contributed by atoms with Crippen LogP contribution in [0.25, 0.3) is 22.2 Å². The zero-order valence-corrected chi connectivity index (χ0v) is 21.4. The molecule has 1 aliphatic carbocycles. The van der Waals surface area contributed by atoms with Crippen molar-refractivity contribution in [3.8, 4) is 11.3 Å². The van der Waals surface area contributed by atoms with Crippen molar-refractivity contribution in [1.82, 2.24) is 15.3 Å². The standard InChI is InChI=1S/C27H29Cl2N5O/c1-34(2)26-22-5-3-4-6-24(22)32-27(33-26)31-19-10-8-18(9-11-19)30-16-20-12-14-25(35-20)21-13-7-17(28)15-23(21)29/h3-7,12-15,18-19,30H,8-11,16H2,1-2H3,(H,31,32,33)/t18-,19+. The van der Waals surface area contributed by atoms with E-state index in [0.29, 0.717) is 34.6 Å². The number of rotatable bonds is 7. The average Bonchev–Trinajstić information content (AvgIpc) is 3.32. The Morgan fingerprint density at radius 2 is 1.71 bits per heavy atom. The molecule has 6 nitrogen and oxygen atoms in total. The molecule has 35 heavy (non-hydrogen) atoms. The maximum absolute atomic E-state index is 6.32. The van der Waals surface area contributed by atoms with E-state index >= 15 is 0 Å². The third-order valence-electron chi connectivity index (χ3n) is 6.49. The van der Waals surface area contributed by atoms with Gasteiger partial charge in [0.2, 0.25) is 5.95 Å². The largest absolute Gasteiger partial charge is 0.460 e. The van der Waals surface area contributed by atoms with Gasteiger partial charge in [-0.2, -0.15) is 4.98 Å². The molecule has 2 aromatic carbocycles. The molecular weight excluding hydrogens is 481 g/mol. The van der Waals surface area contributed by atoms with Crippen molar-refractivity contribution in [3.05, 3.63) is 70.4 Å². The van der Waals surface area contributed by atoms with E-state index in [2.05, 4.69) is 16.7 Å². The summed E-state index contributed by atoms with van der Waals surface area (Å²) >= 11 is 12.3. The van der Waals surface area contributed by atoms with Crippen LogP contribution in [0.1, 0.15) is 31.4 Å². The van der Waals surface area contributed by atoms with Crippen molar-refractivity contribution in [3.63, 3.8) is 0 Å². The number of hydrogen-bond acceptors (Lipinski definition) is 6. The number of hydrogen-bond donors (Lipinski definition) is 2. The van der Waals surface area contributed by atoms with Crippen LogP contribution in [0.15, 0.2) is 59.0 Å². The highest BCUT2D eigenvalue weighted by molar-refractivity contribution is 6.36. The molecular formula is C27H29Cl2N5O. The summed E-state index contributed by atoms with van der Waals surface area (Å²) in [4.78, 5) is 11.6. The first-order valence-corrected chi connectivity index (χ1v) is 12.7. The molecule has 0 amide bonds. The van der Waals surface area contributed by atoms with Gasteiger partial charge in [-0.1, -0.05) is 35.3 Å². The highest BCUT2D eigenvalue weighted by Gasteiger charge is 2.22. The van der Waals surface area contributed by atoms with Crippen LogP contribution in [0.5, 0.6) is 0 Å². The number of para-hydroxylation sites is 1. The van der Waals surface area contributed by atoms with Crippen molar-refractivity contribution in [2.24, 2.45) is 0 Å². The second-order valence-corrected chi connectivity index (χ2v) is 10.1. The Balaban J connectivity index is 1.15. The molecule has 2 aromatic heterocycles. The van der Waals surface area contributed by atoms with E-state index < -0.39 is 0 Å². The molecule has 1 aliphatic rings. The maximum atomic E-state index is 6.32. The van der Waals surface area contributed by atoms with Crippen LogP contribution in [0.3, 0.4) is 0 Å². The van der Waals surface area contributed by atoms with Gasteiger partial charge < -0.3 is 20.0 Å². The van der Waals surface area contributed by atoms with Gasteiger partial charge in [-0.25, -0.2) is 4.98 Å². The first kappa shape index (κ1) is 23.9. The molecule has 1 saturated carbocycles. The SMILES string of the molecule is CN(C)c1nc(N[C@H]2CC[C@@H](NCc3ccc(-c4ccc(Cl)cc4Cl)o3)CC2)nc2ccccc12. The number of furan rings is 1. The Labute approximate surface area is 215 Å². The summed E-state index contributed by atoms with van der Waals surface area (Å²) in [7, 11) is 4.03. The van der Waals surface area contributed by atoms with Crippen molar-refractivity contribution < 1.29 is 4.42 Å². The lowest BCUT2D eigenvalue weighted by atomic mass is 9.91. The molecule has 0 saturated heterocycles. The summed E-state index contributed by atoms with van der Waals surface area (Å²) in [6.07, 6.45) is 4.30. The van der Waals surface area contributed by atoms with Crippen molar-refractivity contribution in [2.75, 3.05) is 24.3 Å². The number of anilines is 2. The minimum Gasteiger partial charge on any atom is -0.460 e. The van der Waals surface area contributed by atoms with Gasteiger partial charge in [0.15, 0.2) is 0 Å². The Bertz CT molecular complexity index is 1310. The summed E-state index contributed by atoms with van der Waals surface area (Å²) in [6, 6.07) is 18.4. The fraction of sp³-hybridized carbons (Fsp3) is 0.333. The number of fused-ring (bicyclic) bond motifs is 1. The summed E-state index contributed by atoms with van der Waals surface area (Å²) in [6.45, 7) is 0.688. The quantitative estimate of drug-likeness (QED) is 0.286. The zero-order chi connectivity index (χ0) is 24.4. The van der Waals surface area contributed by atoms with Gasteiger partial charge in [-0.15, -0.1) is 0 Å². The van der Waals surface area contributed by atoms with Crippen LogP contribution in [0, 0.1) is 0 Å². The van der Waals surface area contributed by atoms with Crippen molar-refractivity contribution >= 4 is 45.9 Å². The van der Waals surface area contributed by atoms with Crippen LogP contribution in [-0.2, 0) is 6.54 Å². The fourth-order valence-corrected chi connectivity index (χ4v) is 5.14. The van der Waals surface area contributed by atoms with E-state index in [1.54, 1.807) is 6.07 Å². The first-order valence-electron chi connectivity index (χ1n) is 11.9. The highest BCUT2D eigenvalue weighted by Crippen LogP contribution is 2.32. The first-order chi connectivity index (χ1) is 17.0. The third-order valence-corrected chi connectivity index (χ3v) is 7.04.